The van der Waals surface area contributed by atoms with Gasteiger partial charge in [-0.25, -0.2) is 8.42 Å². The first kappa shape index (κ1) is 30.2. The maximum atomic E-state index is 14.0. The number of carbonyl (C=O) groups excluding carboxylic acids is 2. The van der Waals surface area contributed by atoms with Gasteiger partial charge >= 0.3 is 0 Å². The minimum Gasteiger partial charge on any atom is -0.352 e. The minimum atomic E-state index is -3.97. The largest absolute Gasteiger partial charge is 0.352 e. The Bertz CT molecular complexity index is 1410. The lowest BCUT2D eigenvalue weighted by atomic mass is 10.0. The number of nitrogens with zero attached hydrogens (tertiary/aromatic N) is 2. The Morgan fingerprint density at radius 2 is 1.62 bits per heavy atom. The molecule has 1 N–H and O–H groups in total. The van der Waals surface area contributed by atoms with Crippen molar-refractivity contribution in [3.8, 4) is 0 Å². The monoisotopic (exact) mass is 645 g/mol. The van der Waals surface area contributed by atoms with Gasteiger partial charge in [-0.3, -0.25) is 9.59 Å². The predicted molar refractivity (Wildman–Crippen MR) is 160 cm³/mol. The molecular weight excluding hydrogens is 614 g/mol. The van der Waals surface area contributed by atoms with E-state index in [0.717, 1.165) is 45.6 Å². The SMILES string of the molecule is CN(CC(=O)N(Cc1cccc(Br)c1)C(Cc1ccccc1)C(=O)NC1CCCC1)S(=O)(=O)c1ccc(Cl)cc1. The van der Waals surface area contributed by atoms with Crippen LogP contribution in [0.1, 0.15) is 36.8 Å². The zero-order chi connectivity index (χ0) is 28.7. The molecule has 10 heteroatoms. The number of rotatable bonds is 11. The van der Waals surface area contributed by atoms with Crippen LogP contribution in [-0.4, -0.2) is 55.1 Å². The lowest BCUT2D eigenvalue weighted by Crippen LogP contribution is -2.54. The first-order chi connectivity index (χ1) is 19.1. The van der Waals surface area contributed by atoms with Crippen molar-refractivity contribution in [3.05, 3.63) is 99.5 Å². The zero-order valence-corrected chi connectivity index (χ0v) is 25.5. The number of halogens is 2. The Morgan fingerprint density at radius 3 is 2.27 bits per heavy atom. The lowest BCUT2D eigenvalue weighted by molar-refractivity contribution is -0.141. The number of amides is 2. The highest BCUT2D eigenvalue weighted by molar-refractivity contribution is 9.10. The van der Waals surface area contributed by atoms with Gasteiger partial charge in [0.15, 0.2) is 0 Å². The molecule has 1 saturated carbocycles. The Kier molecular flexibility index (Phi) is 10.4. The smallest absolute Gasteiger partial charge is 0.243 e. The minimum absolute atomic E-state index is 0.0329. The molecule has 0 bridgehead atoms. The zero-order valence-electron chi connectivity index (χ0n) is 22.3. The quantitative estimate of drug-likeness (QED) is 0.302. The number of nitrogens with one attached hydrogen (secondary N) is 1. The molecule has 3 aromatic carbocycles. The third-order valence-corrected chi connectivity index (χ3v) is 9.66. The van der Waals surface area contributed by atoms with E-state index in [1.807, 2.05) is 54.6 Å². The van der Waals surface area contributed by atoms with Crippen molar-refractivity contribution in [1.82, 2.24) is 14.5 Å². The highest BCUT2D eigenvalue weighted by atomic mass is 79.9. The van der Waals surface area contributed by atoms with E-state index >= 15 is 0 Å². The fourth-order valence-electron chi connectivity index (χ4n) is 4.91. The van der Waals surface area contributed by atoms with Gasteiger partial charge in [-0.15, -0.1) is 0 Å². The molecule has 0 aromatic heterocycles. The number of benzene rings is 3. The van der Waals surface area contributed by atoms with Crippen molar-refractivity contribution < 1.29 is 18.0 Å². The molecule has 1 fully saturated rings. The second-order valence-corrected chi connectivity index (χ2v) is 13.5. The summed E-state index contributed by atoms with van der Waals surface area (Å²) < 4.78 is 28.4. The molecule has 40 heavy (non-hydrogen) atoms. The average Bonchev–Trinajstić information content (AvgIpc) is 3.44. The van der Waals surface area contributed by atoms with E-state index in [1.165, 1.54) is 36.2 Å². The first-order valence-corrected chi connectivity index (χ1v) is 15.8. The molecule has 7 nitrogen and oxygen atoms in total. The lowest BCUT2D eigenvalue weighted by Gasteiger charge is -2.33. The molecule has 212 valence electrons. The van der Waals surface area contributed by atoms with Crippen LogP contribution in [0.3, 0.4) is 0 Å². The average molecular weight is 647 g/mol. The maximum Gasteiger partial charge on any atom is 0.243 e. The van der Waals surface area contributed by atoms with E-state index in [0.29, 0.717) is 11.4 Å². The number of hydrogen-bond acceptors (Lipinski definition) is 4. The van der Waals surface area contributed by atoms with Crippen molar-refractivity contribution in [2.75, 3.05) is 13.6 Å². The summed E-state index contributed by atoms with van der Waals surface area (Å²) in [5, 5.41) is 3.57. The first-order valence-electron chi connectivity index (χ1n) is 13.2. The number of hydrogen-bond donors (Lipinski definition) is 1. The summed E-state index contributed by atoms with van der Waals surface area (Å²) in [6.07, 6.45) is 4.23. The second kappa shape index (κ2) is 13.8. The highest BCUT2D eigenvalue weighted by Crippen LogP contribution is 2.22. The summed E-state index contributed by atoms with van der Waals surface area (Å²) in [6.45, 7) is -0.288. The normalized spacial score (nSPS) is 14.7. The van der Waals surface area contributed by atoms with Crippen LogP contribution in [0.25, 0.3) is 0 Å². The standard InChI is InChI=1S/C30H33BrClN3O4S/c1-34(40(38,39)27-16-14-25(32)15-17-27)21-29(36)35(20-23-10-7-11-24(31)18-23)28(19-22-8-3-2-4-9-22)30(37)33-26-12-5-6-13-26/h2-4,7-11,14-18,26,28H,5-6,12-13,19-21H2,1H3,(H,33,37). The molecule has 0 aliphatic heterocycles. The van der Waals surface area contributed by atoms with E-state index in [9.17, 15) is 18.0 Å². The van der Waals surface area contributed by atoms with Gasteiger partial charge in [0.2, 0.25) is 21.8 Å². The van der Waals surface area contributed by atoms with Crippen LogP contribution in [0.2, 0.25) is 5.02 Å². The second-order valence-electron chi connectivity index (χ2n) is 10.1. The van der Waals surface area contributed by atoms with E-state index in [4.69, 9.17) is 11.6 Å². The molecular formula is C30H33BrClN3O4S. The van der Waals surface area contributed by atoms with Crippen LogP contribution in [0, 0.1) is 0 Å². The maximum absolute atomic E-state index is 14.0. The molecule has 0 saturated heterocycles. The molecule has 0 heterocycles. The fraction of sp³-hybridized carbons (Fsp3) is 0.333. The molecule has 0 radical (unpaired) electrons. The van der Waals surface area contributed by atoms with Crippen LogP contribution in [0.5, 0.6) is 0 Å². The van der Waals surface area contributed by atoms with Gasteiger partial charge < -0.3 is 10.2 Å². The van der Waals surface area contributed by atoms with Crippen LogP contribution in [-0.2, 0) is 32.6 Å². The topological polar surface area (TPSA) is 86.8 Å². The summed E-state index contributed by atoms with van der Waals surface area (Å²) >= 11 is 9.42. The molecule has 4 rings (SSSR count). The predicted octanol–water partition coefficient (Wildman–Crippen LogP) is 5.42. The van der Waals surface area contributed by atoms with Gasteiger partial charge in [-0.1, -0.05) is 82.8 Å². The van der Waals surface area contributed by atoms with Gasteiger partial charge in [-0.2, -0.15) is 4.31 Å². The van der Waals surface area contributed by atoms with Gasteiger partial charge in [0.1, 0.15) is 6.04 Å². The summed E-state index contributed by atoms with van der Waals surface area (Å²) in [5.74, 6) is -0.704. The van der Waals surface area contributed by atoms with E-state index in [-0.39, 0.29) is 23.4 Å². The van der Waals surface area contributed by atoms with Crippen LogP contribution < -0.4 is 5.32 Å². The van der Waals surface area contributed by atoms with Gasteiger partial charge in [0.25, 0.3) is 0 Å². The Hall–Kier alpha value is -2.72. The molecule has 0 spiro atoms. The van der Waals surface area contributed by atoms with Gasteiger partial charge in [0.05, 0.1) is 11.4 Å². The fourth-order valence-corrected chi connectivity index (χ4v) is 6.60. The van der Waals surface area contributed by atoms with Crippen molar-refractivity contribution in [3.63, 3.8) is 0 Å². The van der Waals surface area contributed by atoms with Crippen LogP contribution in [0.4, 0.5) is 0 Å². The van der Waals surface area contributed by atoms with Crippen molar-refractivity contribution >= 4 is 49.4 Å². The molecule has 1 atom stereocenters. The summed E-state index contributed by atoms with van der Waals surface area (Å²) in [4.78, 5) is 29.3. The van der Waals surface area contributed by atoms with Gasteiger partial charge in [0, 0.05) is 35.6 Å². The van der Waals surface area contributed by atoms with E-state index in [2.05, 4.69) is 21.2 Å². The number of likely N-dealkylation sites (N-methyl/N-ethyl adjacent to an activating group) is 1. The summed E-state index contributed by atoms with van der Waals surface area (Å²) in [5.41, 5.74) is 1.72. The van der Waals surface area contributed by atoms with Crippen molar-refractivity contribution in [2.24, 2.45) is 0 Å². The van der Waals surface area contributed by atoms with Crippen LogP contribution >= 0.6 is 27.5 Å². The molecule has 1 unspecified atom stereocenters. The Balaban J connectivity index is 1.66. The molecule has 1 aliphatic rings. The van der Waals surface area contributed by atoms with Crippen LogP contribution in [0.15, 0.2) is 88.2 Å². The molecule has 2 amide bonds. The Morgan fingerprint density at radius 1 is 0.975 bits per heavy atom. The third kappa shape index (κ3) is 7.94. The molecule has 1 aliphatic carbocycles. The summed E-state index contributed by atoms with van der Waals surface area (Å²) in [6, 6.07) is 22.1. The number of carbonyl (C=O) groups is 2. The third-order valence-electron chi connectivity index (χ3n) is 7.09. The highest BCUT2D eigenvalue weighted by Gasteiger charge is 2.34. The van der Waals surface area contributed by atoms with Crippen molar-refractivity contribution in [2.45, 2.75) is 55.6 Å². The van der Waals surface area contributed by atoms with Crippen molar-refractivity contribution in [1.29, 1.82) is 0 Å². The summed E-state index contributed by atoms with van der Waals surface area (Å²) in [7, 11) is -2.60. The molecule has 3 aromatic rings. The number of sulfonamides is 1. The van der Waals surface area contributed by atoms with E-state index in [1.54, 1.807) is 0 Å². The Labute approximate surface area is 249 Å². The van der Waals surface area contributed by atoms with Gasteiger partial charge in [-0.05, 0) is 60.4 Å². The van der Waals surface area contributed by atoms with E-state index < -0.39 is 28.5 Å².